The number of aliphatic hydroxyl groups excluding tert-OH is 1. The van der Waals surface area contributed by atoms with Gasteiger partial charge in [-0.05, 0) is 25.0 Å². The molecule has 1 saturated carbocycles. The largest absolute Gasteiger partial charge is 0.496 e. The average Bonchev–Trinajstić information content (AvgIpc) is 2.19. The maximum absolute atomic E-state index is 9.49. The van der Waals surface area contributed by atoms with Crippen LogP contribution in [0.4, 0.5) is 0 Å². The van der Waals surface area contributed by atoms with Gasteiger partial charge in [0.05, 0.1) is 13.7 Å². The first-order valence-electron chi connectivity index (χ1n) is 5.17. The highest BCUT2D eigenvalue weighted by molar-refractivity contribution is 6.30. The molecule has 0 atom stereocenters. The van der Waals surface area contributed by atoms with E-state index in [2.05, 4.69) is 0 Å². The normalized spacial score (nSPS) is 18.3. The summed E-state index contributed by atoms with van der Waals surface area (Å²) in [6.07, 6.45) is 3.23. The maximum Gasteiger partial charge on any atom is 0.124 e. The molecule has 0 unspecified atom stereocenters. The van der Waals surface area contributed by atoms with Crippen molar-refractivity contribution >= 4 is 11.6 Å². The van der Waals surface area contributed by atoms with Crippen molar-refractivity contribution in [2.45, 2.75) is 24.7 Å². The van der Waals surface area contributed by atoms with E-state index in [0.717, 1.165) is 24.2 Å². The zero-order valence-corrected chi connectivity index (χ0v) is 9.55. The van der Waals surface area contributed by atoms with Crippen molar-refractivity contribution in [2.24, 2.45) is 0 Å². The van der Waals surface area contributed by atoms with Crippen LogP contribution in [-0.2, 0) is 5.41 Å². The van der Waals surface area contributed by atoms with Gasteiger partial charge in [-0.15, -0.1) is 0 Å². The van der Waals surface area contributed by atoms with Gasteiger partial charge in [0.25, 0.3) is 0 Å². The van der Waals surface area contributed by atoms with Crippen LogP contribution in [0.5, 0.6) is 5.75 Å². The highest BCUT2D eigenvalue weighted by Gasteiger charge is 2.40. The van der Waals surface area contributed by atoms with Gasteiger partial charge in [0.15, 0.2) is 0 Å². The summed E-state index contributed by atoms with van der Waals surface area (Å²) in [5.41, 5.74) is 0.999. The van der Waals surface area contributed by atoms with E-state index < -0.39 is 0 Å². The molecule has 82 valence electrons. The lowest BCUT2D eigenvalue weighted by atomic mass is 9.65. The Morgan fingerprint density at radius 2 is 2.20 bits per heavy atom. The van der Waals surface area contributed by atoms with E-state index in [1.165, 1.54) is 6.42 Å². The minimum Gasteiger partial charge on any atom is -0.496 e. The molecule has 1 fully saturated rings. The lowest BCUT2D eigenvalue weighted by molar-refractivity contribution is 0.117. The van der Waals surface area contributed by atoms with E-state index in [4.69, 9.17) is 16.3 Å². The Morgan fingerprint density at radius 3 is 2.67 bits per heavy atom. The number of hydrogen-bond donors (Lipinski definition) is 1. The second-order valence-electron chi connectivity index (χ2n) is 4.14. The standard InChI is InChI=1S/C12H15ClO2/c1-15-11-7-9(13)3-4-10(11)12(8-14)5-2-6-12/h3-4,7,14H,2,5-6,8H2,1H3. The summed E-state index contributed by atoms with van der Waals surface area (Å²) < 4.78 is 5.31. The number of benzene rings is 1. The molecule has 1 aromatic rings. The van der Waals surface area contributed by atoms with Crippen molar-refractivity contribution < 1.29 is 9.84 Å². The first-order valence-corrected chi connectivity index (χ1v) is 5.54. The first-order chi connectivity index (χ1) is 7.22. The minimum absolute atomic E-state index is 0.0874. The fourth-order valence-corrected chi connectivity index (χ4v) is 2.38. The van der Waals surface area contributed by atoms with Gasteiger partial charge < -0.3 is 9.84 Å². The van der Waals surface area contributed by atoms with Crippen LogP contribution in [0.1, 0.15) is 24.8 Å². The van der Waals surface area contributed by atoms with Crippen LogP contribution in [0.2, 0.25) is 5.02 Å². The zero-order chi connectivity index (χ0) is 10.9. The molecule has 15 heavy (non-hydrogen) atoms. The summed E-state index contributed by atoms with van der Waals surface area (Å²) in [6, 6.07) is 5.64. The highest BCUT2D eigenvalue weighted by atomic mass is 35.5. The van der Waals surface area contributed by atoms with Crippen LogP contribution in [0.3, 0.4) is 0 Å². The van der Waals surface area contributed by atoms with Gasteiger partial charge in [-0.2, -0.15) is 0 Å². The number of methoxy groups -OCH3 is 1. The second-order valence-corrected chi connectivity index (χ2v) is 4.57. The lowest BCUT2D eigenvalue weighted by Gasteiger charge is -2.41. The molecule has 2 rings (SSSR count). The Kier molecular flexibility index (Phi) is 2.89. The van der Waals surface area contributed by atoms with Crippen molar-refractivity contribution in [1.82, 2.24) is 0 Å². The molecular formula is C12H15ClO2. The van der Waals surface area contributed by atoms with Gasteiger partial charge in [0, 0.05) is 16.0 Å². The summed E-state index contributed by atoms with van der Waals surface area (Å²) in [5.74, 6) is 0.788. The van der Waals surface area contributed by atoms with E-state index in [1.807, 2.05) is 18.2 Å². The molecule has 0 heterocycles. The van der Waals surface area contributed by atoms with Crippen molar-refractivity contribution in [2.75, 3.05) is 13.7 Å². The van der Waals surface area contributed by atoms with Crippen molar-refractivity contribution in [3.05, 3.63) is 28.8 Å². The van der Waals surface area contributed by atoms with Crippen LogP contribution in [0.15, 0.2) is 18.2 Å². The molecule has 3 heteroatoms. The summed E-state index contributed by atoms with van der Waals surface area (Å²) in [4.78, 5) is 0. The summed E-state index contributed by atoms with van der Waals surface area (Å²) in [7, 11) is 1.64. The monoisotopic (exact) mass is 226 g/mol. The molecule has 1 aliphatic carbocycles. The smallest absolute Gasteiger partial charge is 0.124 e. The number of halogens is 1. The molecule has 2 nitrogen and oxygen atoms in total. The summed E-state index contributed by atoms with van der Waals surface area (Å²) >= 11 is 5.91. The number of aliphatic hydroxyl groups is 1. The van der Waals surface area contributed by atoms with Gasteiger partial charge in [0.1, 0.15) is 5.75 Å². The van der Waals surface area contributed by atoms with Crippen LogP contribution in [-0.4, -0.2) is 18.8 Å². The highest BCUT2D eigenvalue weighted by Crippen LogP contribution is 2.47. The second kappa shape index (κ2) is 4.03. The van der Waals surface area contributed by atoms with Crippen LogP contribution in [0, 0.1) is 0 Å². The molecular weight excluding hydrogens is 212 g/mol. The molecule has 0 amide bonds. The van der Waals surface area contributed by atoms with Gasteiger partial charge in [-0.3, -0.25) is 0 Å². The van der Waals surface area contributed by atoms with Gasteiger partial charge in [0.2, 0.25) is 0 Å². The molecule has 0 bridgehead atoms. The maximum atomic E-state index is 9.49. The Labute approximate surface area is 94.8 Å². The van der Waals surface area contributed by atoms with Gasteiger partial charge in [-0.1, -0.05) is 24.1 Å². The fourth-order valence-electron chi connectivity index (χ4n) is 2.22. The quantitative estimate of drug-likeness (QED) is 0.859. The molecule has 0 spiro atoms. The summed E-state index contributed by atoms with van der Waals surface area (Å²) in [6.45, 7) is 0.186. The van der Waals surface area contributed by atoms with E-state index in [-0.39, 0.29) is 12.0 Å². The Morgan fingerprint density at radius 1 is 1.47 bits per heavy atom. The van der Waals surface area contributed by atoms with Gasteiger partial charge >= 0.3 is 0 Å². The minimum atomic E-state index is -0.0874. The molecule has 1 N–H and O–H groups in total. The zero-order valence-electron chi connectivity index (χ0n) is 8.79. The predicted molar refractivity (Wildman–Crippen MR) is 60.6 cm³/mol. The molecule has 0 aliphatic heterocycles. The fraction of sp³-hybridized carbons (Fsp3) is 0.500. The van der Waals surface area contributed by atoms with Crippen molar-refractivity contribution in [1.29, 1.82) is 0 Å². The number of ether oxygens (including phenoxy) is 1. The molecule has 0 aromatic heterocycles. The van der Waals surface area contributed by atoms with Gasteiger partial charge in [-0.25, -0.2) is 0 Å². The van der Waals surface area contributed by atoms with Crippen LogP contribution >= 0.6 is 11.6 Å². The topological polar surface area (TPSA) is 29.5 Å². The third kappa shape index (κ3) is 1.72. The van der Waals surface area contributed by atoms with E-state index in [9.17, 15) is 5.11 Å². The Balaban J connectivity index is 2.42. The average molecular weight is 227 g/mol. The molecule has 1 aliphatic rings. The number of hydrogen-bond acceptors (Lipinski definition) is 2. The molecule has 0 radical (unpaired) electrons. The van der Waals surface area contributed by atoms with Crippen LogP contribution in [0.25, 0.3) is 0 Å². The van der Waals surface area contributed by atoms with Crippen molar-refractivity contribution in [3.8, 4) is 5.75 Å². The van der Waals surface area contributed by atoms with E-state index in [0.29, 0.717) is 5.02 Å². The van der Waals surface area contributed by atoms with Crippen molar-refractivity contribution in [3.63, 3.8) is 0 Å². The van der Waals surface area contributed by atoms with E-state index >= 15 is 0 Å². The Bertz CT molecular complexity index is 353. The molecule has 1 aromatic carbocycles. The third-order valence-electron chi connectivity index (χ3n) is 3.35. The third-order valence-corrected chi connectivity index (χ3v) is 3.58. The predicted octanol–water partition coefficient (Wildman–Crippen LogP) is 2.76. The molecule has 0 saturated heterocycles. The first kappa shape index (κ1) is 10.8. The van der Waals surface area contributed by atoms with Crippen LogP contribution < -0.4 is 4.74 Å². The van der Waals surface area contributed by atoms with E-state index in [1.54, 1.807) is 7.11 Å². The Hall–Kier alpha value is -0.730. The SMILES string of the molecule is COc1cc(Cl)ccc1C1(CO)CCC1. The lowest BCUT2D eigenvalue weighted by Crippen LogP contribution is -2.38. The summed E-state index contributed by atoms with van der Waals surface area (Å²) in [5, 5.41) is 10.2. The number of rotatable bonds is 3.